The molecule has 1 fully saturated rings. The van der Waals surface area contributed by atoms with Crippen LogP contribution < -0.4 is 10.0 Å². The average molecular weight is 521 g/mol. The van der Waals surface area contributed by atoms with Gasteiger partial charge >= 0.3 is 7.12 Å². The maximum Gasteiger partial charge on any atom is 0.479 e. The summed E-state index contributed by atoms with van der Waals surface area (Å²) in [5.74, 6) is -0.323. The Balaban J connectivity index is 1.68. The van der Waals surface area contributed by atoms with Gasteiger partial charge in [-0.1, -0.05) is 23.7 Å². The van der Waals surface area contributed by atoms with Gasteiger partial charge in [-0.15, -0.1) is 0 Å². The van der Waals surface area contributed by atoms with Crippen molar-refractivity contribution in [2.75, 3.05) is 26.7 Å². The number of nitrogens with one attached hydrogen (secondary N) is 2. The Morgan fingerprint density at radius 2 is 2.00 bits per heavy atom. The molecule has 1 aromatic carbocycles. The van der Waals surface area contributed by atoms with Gasteiger partial charge in [-0.05, 0) is 48.1 Å². The minimum Gasteiger partial charge on any atom is -0.426 e. The first-order valence-electron chi connectivity index (χ1n) is 11.1. The summed E-state index contributed by atoms with van der Waals surface area (Å²) in [6.45, 7) is -0.295. The van der Waals surface area contributed by atoms with Gasteiger partial charge in [0.1, 0.15) is 5.69 Å². The third-order valence-electron chi connectivity index (χ3n) is 5.66. The Hall–Kier alpha value is -2.48. The molecule has 1 saturated carbocycles. The Bertz CT molecular complexity index is 1330. The largest absolute Gasteiger partial charge is 0.479 e. The Morgan fingerprint density at radius 1 is 1.29 bits per heavy atom. The minimum absolute atomic E-state index is 0.000631. The Kier molecular flexibility index (Phi) is 7.79. The average Bonchev–Trinajstić information content (AvgIpc) is 3.58. The molecule has 2 heterocycles. The molecule has 1 aliphatic carbocycles. The summed E-state index contributed by atoms with van der Waals surface area (Å²) in [5.41, 5.74) is 3.69. The van der Waals surface area contributed by atoms with Gasteiger partial charge in [0.2, 0.25) is 10.0 Å². The molecule has 1 aliphatic rings. The zero-order chi connectivity index (χ0) is 25.2. The number of ether oxygens (including phenoxy) is 1. The van der Waals surface area contributed by atoms with E-state index in [0.717, 1.165) is 18.4 Å². The molecule has 0 atom stereocenters. The second kappa shape index (κ2) is 10.6. The Morgan fingerprint density at radius 3 is 2.63 bits per heavy atom. The molecule has 1 amide bonds. The Labute approximate surface area is 208 Å². The van der Waals surface area contributed by atoms with Gasteiger partial charge in [0, 0.05) is 30.4 Å². The number of hydrogen-bond acceptors (Lipinski definition) is 7. The van der Waals surface area contributed by atoms with Crippen LogP contribution in [0.2, 0.25) is 5.02 Å². The lowest BCUT2D eigenvalue weighted by molar-refractivity contribution is 0.0965. The molecule has 2 aromatic heterocycles. The number of halogens is 1. The first-order chi connectivity index (χ1) is 16.7. The quantitative estimate of drug-likeness (QED) is 0.221. The fourth-order valence-electron chi connectivity index (χ4n) is 3.91. The number of benzene rings is 1. The highest BCUT2D eigenvalue weighted by Crippen LogP contribution is 2.43. The number of aromatic nitrogens is 2. The fourth-order valence-corrected chi connectivity index (χ4v) is 5.19. The molecule has 4 rings (SSSR count). The number of hydrogen-bond donors (Lipinski definition) is 4. The molecule has 0 aliphatic heterocycles. The topological polar surface area (TPSA) is 142 Å². The summed E-state index contributed by atoms with van der Waals surface area (Å²) in [7, 11) is -3.76. The van der Waals surface area contributed by atoms with Gasteiger partial charge in [-0.3, -0.25) is 4.79 Å². The van der Waals surface area contributed by atoms with E-state index in [1.54, 1.807) is 42.0 Å². The number of sulfonamides is 1. The molecule has 0 unspecified atom stereocenters. The molecule has 3 aromatic rings. The molecule has 35 heavy (non-hydrogen) atoms. The lowest BCUT2D eigenvalue weighted by Crippen LogP contribution is -2.30. The number of pyridine rings is 1. The van der Waals surface area contributed by atoms with Gasteiger partial charge in [-0.25, -0.2) is 17.7 Å². The molecule has 0 spiro atoms. The summed E-state index contributed by atoms with van der Waals surface area (Å²) in [5, 5.41) is 25.4. The van der Waals surface area contributed by atoms with Crippen LogP contribution in [0.5, 0.6) is 0 Å². The van der Waals surface area contributed by atoms with Crippen LogP contribution in [0.4, 0.5) is 0 Å². The third-order valence-corrected chi connectivity index (χ3v) is 7.25. The number of nitrogens with zero attached hydrogens (tertiary/aromatic N) is 2. The van der Waals surface area contributed by atoms with Crippen molar-refractivity contribution >= 4 is 40.2 Å². The van der Waals surface area contributed by atoms with E-state index in [2.05, 4.69) is 15.1 Å². The van der Waals surface area contributed by atoms with Crippen LogP contribution in [0.15, 0.2) is 36.5 Å². The van der Waals surface area contributed by atoms with Crippen molar-refractivity contribution in [2.24, 2.45) is 0 Å². The van der Waals surface area contributed by atoms with Crippen molar-refractivity contribution < 1.29 is 28.0 Å². The monoisotopic (exact) mass is 520 g/mol. The number of rotatable bonds is 11. The molecular formula is C22H26BClN4O6S. The highest BCUT2D eigenvalue weighted by molar-refractivity contribution is 7.88. The summed E-state index contributed by atoms with van der Waals surface area (Å²) in [4.78, 5) is 12.8. The molecule has 0 bridgehead atoms. The minimum atomic E-state index is -3.70. The van der Waals surface area contributed by atoms with Crippen molar-refractivity contribution in [1.29, 1.82) is 0 Å². The SMILES string of the molecule is CNC(=O)c1c(-c2ccc(Cl)cc2)nn2cc(CS(=O)(=O)NCCOCB(O)O)c(C3CC3)cc12. The molecule has 186 valence electrons. The summed E-state index contributed by atoms with van der Waals surface area (Å²) < 4.78 is 34.5. The van der Waals surface area contributed by atoms with E-state index >= 15 is 0 Å². The predicted molar refractivity (Wildman–Crippen MR) is 133 cm³/mol. The van der Waals surface area contributed by atoms with Crippen LogP contribution >= 0.6 is 11.6 Å². The second-order valence-corrected chi connectivity index (χ2v) is 10.6. The van der Waals surface area contributed by atoms with E-state index < -0.39 is 17.1 Å². The lowest BCUT2D eigenvalue weighted by Gasteiger charge is -2.12. The van der Waals surface area contributed by atoms with Gasteiger partial charge in [0.05, 0.1) is 29.9 Å². The van der Waals surface area contributed by atoms with E-state index in [1.165, 1.54) is 0 Å². The molecule has 4 N–H and O–H groups in total. The zero-order valence-electron chi connectivity index (χ0n) is 19.1. The summed E-state index contributed by atoms with van der Waals surface area (Å²) in [6.07, 6.45) is 3.57. The van der Waals surface area contributed by atoms with Gasteiger partial charge in [0.25, 0.3) is 5.91 Å². The van der Waals surface area contributed by atoms with Gasteiger partial charge in [0.15, 0.2) is 0 Å². The van der Waals surface area contributed by atoms with Gasteiger partial charge in [-0.2, -0.15) is 5.10 Å². The smallest absolute Gasteiger partial charge is 0.426 e. The number of carbonyl (C=O) groups is 1. The van der Waals surface area contributed by atoms with Crippen LogP contribution in [0.25, 0.3) is 16.8 Å². The standard InChI is InChI=1S/C22H26BClN4O6S/c1-25-22(29)20-19-10-18(14-2-3-14)16(12-35(32,33)26-8-9-34-13-23(30)31)11-28(19)27-21(20)15-4-6-17(24)7-5-15/h4-7,10-11,14,26,30-31H,2-3,8-9,12-13H2,1H3,(H,25,29). The first kappa shape index (κ1) is 25.6. The van der Waals surface area contributed by atoms with Crippen molar-refractivity contribution in [3.05, 3.63) is 58.2 Å². The van der Waals surface area contributed by atoms with E-state index in [1.807, 2.05) is 6.07 Å². The van der Waals surface area contributed by atoms with Crippen molar-refractivity contribution in [2.45, 2.75) is 24.5 Å². The van der Waals surface area contributed by atoms with E-state index in [-0.39, 0.29) is 37.2 Å². The third kappa shape index (κ3) is 6.21. The maximum absolute atomic E-state index is 12.8. The summed E-state index contributed by atoms with van der Waals surface area (Å²) in [6, 6.07) is 8.87. The van der Waals surface area contributed by atoms with Crippen molar-refractivity contribution in [3.8, 4) is 11.3 Å². The molecule has 0 saturated heterocycles. The zero-order valence-corrected chi connectivity index (χ0v) is 20.6. The second-order valence-electron chi connectivity index (χ2n) is 8.38. The number of carbonyl (C=O) groups excluding carboxylic acids is 1. The normalized spacial score (nSPS) is 13.8. The van der Waals surface area contributed by atoms with Crippen molar-refractivity contribution in [1.82, 2.24) is 19.7 Å². The van der Waals surface area contributed by atoms with E-state index in [9.17, 15) is 13.2 Å². The lowest BCUT2D eigenvalue weighted by atomic mass is 9.95. The van der Waals surface area contributed by atoms with Crippen LogP contribution in [0, 0.1) is 0 Å². The molecular weight excluding hydrogens is 495 g/mol. The maximum atomic E-state index is 12.8. The van der Waals surface area contributed by atoms with E-state index in [0.29, 0.717) is 32.9 Å². The molecule has 13 heteroatoms. The van der Waals surface area contributed by atoms with Crippen LogP contribution in [-0.4, -0.2) is 67.8 Å². The molecule has 10 nitrogen and oxygen atoms in total. The van der Waals surface area contributed by atoms with Crippen LogP contribution in [0.1, 0.15) is 40.2 Å². The number of amides is 1. The van der Waals surface area contributed by atoms with Gasteiger partial charge < -0.3 is 20.1 Å². The molecule has 0 radical (unpaired) electrons. The van der Waals surface area contributed by atoms with Crippen LogP contribution in [0.3, 0.4) is 0 Å². The van der Waals surface area contributed by atoms with Crippen LogP contribution in [-0.2, 0) is 20.5 Å². The van der Waals surface area contributed by atoms with Crippen molar-refractivity contribution in [3.63, 3.8) is 0 Å². The highest BCUT2D eigenvalue weighted by atomic mass is 35.5. The summed E-state index contributed by atoms with van der Waals surface area (Å²) >= 11 is 6.02. The number of fused-ring (bicyclic) bond motifs is 1. The highest BCUT2D eigenvalue weighted by Gasteiger charge is 2.30. The first-order valence-corrected chi connectivity index (χ1v) is 13.2. The van der Waals surface area contributed by atoms with E-state index in [4.69, 9.17) is 26.4 Å². The predicted octanol–water partition coefficient (Wildman–Crippen LogP) is 1.34. The fraction of sp³-hybridized carbons (Fsp3) is 0.364.